The van der Waals surface area contributed by atoms with Gasteiger partial charge in [0.2, 0.25) is 0 Å². The number of thioether (sulfide) groups is 1. The summed E-state index contributed by atoms with van der Waals surface area (Å²) >= 11 is 1.08. The van der Waals surface area contributed by atoms with Gasteiger partial charge in [-0.1, -0.05) is 11.8 Å². The highest BCUT2D eigenvalue weighted by Gasteiger charge is 2.43. The van der Waals surface area contributed by atoms with Crippen LogP contribution in [0.1, 0.15) is 54.9 Å². The van der Waals surface area contributed by atoms with Gasteiger partial charge < -0.3 is 14.4 Å². The number of carbonyl (C=O) groups excluding carboxylic acids is 3. The van der Waals surface area contributed by atoms with Crippen molar-refractivity contribution in [1.29, 1.82) is 0 Å². The Kier molecular flexibility index (Phi) is 8.83. The minimum absolute atomic E-state index is 0.111. The van der Waals surface area contributed by atoms with Crippen molar-refractivity contribution >= 4 is 39.3 Å². The second-order valence-corrected chi connectivity index (χ2v) is 13.1. The first kappa shape index (κ1) is 27.5. The number of amides is 2. The molecule has 0 aliphatic carbocycles. The summed E-state index contributed by atoms with van der Waals surface area (Å²) in [5, 5.41) is -0.350. The van der Waals surface area contributed by atoms with E-state index in [1.807, 2.05) is 0 Å². The molecule has 2 atom stereocenters. The average Bonchev–Trinajstić information content (AvgIpc) is 2.90. The van der Waals surface area contributed by atoms with Crippen LogP contribution in [0.4, 0.5) is 9.59 Å². The Hall–Kier alpha value is -1.53. The topological polar surface area (TPSA) is 114 Å². The Morgan fingerprint density at radius 2 is 1.55 bits per heavy atom. The first-order chi connectivity index (χ1) is 13.8. The Morgan fingerprint density at radius 1 is 1.03 bits per heavy atom. The molecule has 180 valence electrons. The molecule has 0 spiro atoms. The van der Waals surface area contributed by atoms with Crippen molar-refractivity contribution in [2.75, 3.05) is 27.2 Å². The Balaban J connectivity index is 3.25. The van der Waals surface area contributed by atoms with E-state index < -0.39 is 39.6 Å². The zero-order valence-corrected chi connectivity index (χ0v) is 21.4. The maximum absolute atomic E-state index is 12.9. The van der Waals surface area contributed by atoms with Crippen molar-refractivity contribution in [2.45, 2.75) is 77.4 Å². The molecule has 2 amide bonds. The van der Waals surface area contributed by atoms with Gasteiger partial charge in [0, 0.05) is 32.8 Å². The standard InChI is InChI=1S/C19H35N3O7S2/c1-13(23)30-15-10-14(21(12-15)16(24)28-18(2,3)4)11-22(31(26,27)20(8)9)17(25)29-19(5,6)7/h14-15H,10-12H2,1-9H3/t14-,15-/m0/s1. The van der Waals surface area contributed by atoms with E-state index in [0.717, 1.165) is 16.1 Å². The van der Waals surface area contributed by atoms with Crippen LogP contribution in [0.25, 0.3) is 0 Å². The molecule has 0 bridgehead atoms. The quantitative estimate of drug-likeness (QED) is 0.589. The highest BCUT2D eigenvalue weighted by Crippen LogP contribution is 2.31. The predicted octanol–water partition coefficient (Wildman–Crippen LogP) is 2.69. The highest BCUT2D eigenvalue weighted by molar-refractivity contribution is 8.14. The lowest BCUT2D eigenvalue weighted by Crippen LogP contribution is -2.52. The number of hydrogen-bond donors (Lipinski definition) is 0. The van der Waals surface area contributed by atoms with Crippen molar-refractivity contribution in [1.82, 2.24) is 13.5 Å². The number of carbonyl (C=O) groups is 3. The number of nitrogens with zero attached hydrogens (tertiary/aromatic N) is 3. The minimum Gasteiger partial charge on any atom is -0.444 e. The fourth-order valence-corrected chi connectivity index (χ4v) is 4.88. The summed E-state index contributed by atoms with van der Waals surface area (Å²) in [4.78, 5) is 38.5. The van der Waals surface area contributed by atoms with E-state index in [1.54, 1.807) is 41.5 Å². The van der Waals surface area contributed by atoms with Crippen LogP contribution >= 0.6 is 11.8 Å². The highest BCUT2D eigenvalue weighted by atomic mass is 32.2. The maximum Gasteiger partial charge on any atom is 0.425 e. The molecule has 1 heterocycles. The Bertz CT molecular complexity index is 785. The van der Waals surface area contributed by atoms with Gasteiger partial charge in [-0.3, -0.25) is 4.79 Å². The number of ether oxygens (including phenoxy) is 2. The average molecular weight is 482 g/mol. The van der Waals surface area contributed by atoms with Crippen molar-refractivity contribution in [3.8, 4) is 0 Å². The second-order valence-electron chi connectivity index (χ2n) is 9.56. The summed E-state index contributed by atoms with van der Waals surface area (Å²) in [5.74, 6) is 0. The zero-order chi connectivity index (χ0) is 24.4. The van der Waals surface area contributed by atoms with Gasteiger partial charge >= 0.3 is 22.4 Å². The van der Waals surface area contributed by atoms with Crippen LogP contribution in [0.15, 0.2) is 0 Å². The van der Waals surface area contributed by atoms with E-state index in [-0.39, 0.29) is 23.5 Å². The van der Waals surface area contributed by atoms with Crippen LogP contribution < -0.4 is 0 Å². The van der Waals surface area contributed by atoms with Gasteiger partial charge in [0.1, 0.15) is 11.2 Å². The van der Waals surface area contributed by atoms with Gasteiger partial charge in [0.25, 0.3) is 0 Å². The smallest absolute Gasteiger partial charge is 0.425 e. The summed E-state index contributed by atoms with van der Waals surface area (Å²) < 4.78 is 38.0. The third-order valence-corrected chi connectivity index (χ3v) is 6.84. The van der Waals surface area contributed by atoms with Crippen LogP contribution in [0.5, 0.6) is 0 Å². The molecule has 1 saturated heterocycles. The normalized spacial score (nSPS) is 20.0. The molecule has 10 nitrogen and oxygen atoms in total. The molecule has 31 heavy (non-hydrogen) atoms. The third kappa shape index (κ3) is 8.49. The van der Waals surface area contributed by atoms with Gasteiger partial charge in [0.05, 0.1) is 12.6 Å². The summed E-state index contributed by atoms with van der Waals surface area (Å²) in [5.41, 5.74) is -1.67. The second kappa shape index (κ2) is 9.95. The maximum atomic E-state index is 12.9. The van der Waals surface area contributed by atoms with Crippen molar-refractivity contribution in [2.24, 2.45) is 0 Å². The first-order valence-electron chi connectivity index (χ1n) is 9.93. The van der Waals surface area contributed by atoms with E-state index >= 15 is 0 Å². The molecule has 1 aliphatic rings. The molecule has 1 rings (SSSR count). The van der Waals surface area contributed by atoms with Crippen molar-refractivity contribution in [3.05, 3.63) is 0 Å². The van der Waals surface area contributed by atoms with Crippen LogP contribution in [0.3, 0.4) is 0 Å². The van der Waals surface area contributed by atoms with Crippen LogP contribution in [0, 0.1) is 0 Å². The Morgan fingerprint density at radius 3 is 1.97 bits per heavy atom. The van der Waals surface area contributed by atoms with Crippen LogP contribution in [-0.4, -0.2) is 88.9 Å². The lowest BCUT2D eigenvalue weighted by Gasteiger charge is -2.33. The number of hydrogen-bond acceptors (Lipinski definition) is 8. The zero-order valence-electron chi connectivity index (χ0n) is 19.8. The van der Waals surface area contributed by atoms with Gasteiger partial charge in [0.15, 0.2) is 5.12 Å². The number of likely N-dealkylation sites (tertiary alicyclic amines) is 1. The molecule has 0 radical (unpaired) electrons. The van der Waals surface area contributed by atoms with Gasteiger partial charge in [-0.05, 0) is 48.0 Å². The monoisotopic (exact) mass is 481 g/mol. The summed E-state index contributed by atoms with van der Waals surface area (Å²) in [7, 11) is -1.57. The van der Waals surface area contributed by atoms with Gasteiger partial charge in [-0.15, -0.1) is 0 Å². The molecular weight excluding hydrogens is 446 g/mol. The van der Waals surface area contributed by atoms with Crippen LogP contribution in [-0.2, 0) is 24.5 Å². The van der Waals surface area contributed by atoms with Gasteiger partial charge in [-0.2, -0.15) is 17.0 Å². The SMILES string of the molecule is CC(=O)S[C@H]1C[C@@H](CN(C(=O)OC(C)(C)C)S(=O)(=O)N(C)C)N(C(=O)OC(C)(C)C)C1. The molecule has 0 aromatic carbocycles. The van der Waals surface area contributed by atoms with E-state index in [4.69, 9.17) is 9.47 Å². The summed E-state index contributed by atoms with van der Waals surface area (Å²) in [6.45, 7) is 11.4. The van der Waals surface area contributed by atoms with E-state index in [0.29, 0.717) is 10.7 Å². The molecule has 0 aromatic rings. The van der Waals surface area contributed by atoms with Crippen molar-refractivity contribution < 1.29 is 32.3 Å². The van der Waals surface area contributed by atoms with Crippen LogP contribution in [0.2, 0.25) is 0 Å². The molecule has 0 aromatic heterocycles. The van der Waals surface area contributed by atoms with Gasteiger partial charge in [-0.25, -0.2) is 9.59 Å². The molecule has 1 fully saturated rings. The molecular formula is C19H35N3O7S2. The number of rotatable bonds is 5. The summed E-state index contributed by atoms with van der Waals surface area (Å²) in [6, 6.07) is -0.672. The first-order valence-corrected chi connectivity index (χ1v) is 12.2. The van der Waals surface area contributed by atoms with Crippen molar-refractivity contribution in [3.63, 3.8) is 0 Å². The minimum atomic E-state index is -4.18. The summed E-state index contributed by atoms with van der Waals surface area (Å²) in [6.07, 6.45) is -1.34. The fraction of sp³-hybridized carbons (Fsp3) is 0.842. The Labute approximate surface area is 189 Å². The van der Waals surface area contributed by atoms with E-state index in [1.165, 1.54) is 25.9 Å². The predicted molar refractivity (Wildman–Crippen MR) is 119 cm³/mol. The third-order valence-electron chi connectivity index (χ3n) is 4.05. The van der Waals surface area contributed by atoms with E-state index in [2.05, 4.69) is 0 Å². The van der Waals surface area contributed by atoms with E-state index in [9.17, 15) is 22.8 Å². The molecule has 0 N–H and O–H groups in total. The molecule has 12 heteroatoms. The molecule has 0 saturated carbocycles. The fourth-order valence-electron chi connectivity index (χ4n) is 2.88. The lowest BCUT2D eigenvalue weighted by atomic mass is 10.2. The molecule has 0 unspecified atom stereocenters. The molecule has 1 aliphatic heterocycles. The largest absolute Gasteiger partial charge is 0.444 e. The lowest BCUT2D eigenvalue weighted by molar-refractivity contribution is -0.109.